The SMILES string of the molecule is CN(Cc1cccc(F)c1)C(=O)CC(N)C(=O)O. The molecular weight excluding hydrogens is 239 g/mol. The van der Waals surface area contributed by atoms with E-state index < -0.39 is 17.9 Å². The summed E-state index contributed by atoms with van der Waals surface area (Å²) in [4.78, 5) is 23.5. The summed E-state index contributed by atoms with van der Waals surface area (Å²) in [6.07, 6.45) is -0.277. The van der Waals surface area contributed by atoms with E-state index in [1.54, 1.807) is 12.1 Å². The average Bonchev–Trinajstić information content (AvgIpc) is 2.28. The number of aliphatic carboxylic acids is 1. The Kier molecular flexibility index (Phi) is 4.79. The van der Waals surface area contributed by atoms with Gasteiger partial charge in [-0.3, -0.25) is 9.59 Å². The van der Waals surface area contributed by atoms with Crippen molar-refractivity contribution in [1.82, 2.24) is 4.90 Å². The summed E-state index contributed by atoms with van der Waals surface area (Å²) >= 11 is 0. The highest BCUT2D eigenvalue weighted by molar-refractivity contribution is 5.84. The van der Waals surface area contributed by atoms with Gasteiger partial charge in [-0.1, -0.05) is 12.1 Å². The smallest absolute Gasteiger partial charge is 0.321 e. The molecule has 0 aromatic heterocycles. The number of carbonyl (C=O) groups is 2. The first-order valence-electron chi connectivity index (χ1n) is 5.37. The van der Waals surface area contributed by atoms with E-state index in [0.717, 1.165) is 0 Å². The molecule has 5 nitrogen and oxygen atoms in total. The highest BCUT2D eigenvalue weighted by Crippen LogP contribution is 2.07. The Morgan fingerprint density at radius 3 is 2.72 bits per heavy atom. The van der Waals surface area contributed by atoms with Gasteiger partial charge in [-0.2, -0.15) is 0 Å². The lowest BCUT2D eigenvalue weighted by Crippen LogP contribution is -2.37. The molecule has 6 heteroatoms. The Hall–Kier alpha value is -1.95. The van der Waals surface area contributed by atoms with Crippen LogP contribution in [0.5, 0.6) is 0 Å². The number of carboxylic acids is 1. The average molecular weight is 254 g/mol. The minimum Gasteiger partial charge on any atom is -0.480 e. The monoisotopic (exact) mass is 254 g/mol. The third kappa shape index (κ3) is 4.14. The molecule has 0 aliphatic heterocycles. The minimum absolute atomic E-state index is 0.211. The van der Waals surface area contributed by atoms with E-state index in [4.69, 9.17) is 10.8 Å². The Morgan fingerprint density at radius 2 is 2.17 bits per heavy atom. The van der Waals surface area contributed by atoms with Crippen LogP contribution in [0.4, 0.5) is 4.39 Å². The zero-order valence-electron chi connectivity index (χ0n) is 9.97. The summed E-state index contributed by atoms with van der Waals surface area (Å²) in [6.45, 7) is 0.211. The minimum atomic E-state index is -1.22. The molecule has 1 atom stereocenters. The van der Waals surface area contributed by atoms with Crippen molar-refractivity contribution in [2.75, 3.05) is 7.05 Å². The molecule has 98 valence electrons. The quantitative estimate of drug-likeness (QED) is 0.805. The molecule has 0 aliphatic carbocycles. The van der Waals surface area contributed by atoms with Crippen molar-refractivity contribution in [2.24, 2.45) is 5.73 Å². The summed E-state index contributed by atoms with van der Waals surface area (Å²) in [5, 5.41) is 8.59. The number of nitrogens with zero attached hydrogens (tertiary/aromatic N) is 1. The zero-order chi connectivity index (χ0) is 13.7. The number of nitrogens with two attached hydrogens (primary N) is 1. The summed E-state index contributed by atoms with van der Waals surface area (Å²) in [7, 11) is 1.52. The molecule has 1 unspecified atom stereocenters. The van der Waals surface area contributed by atoms with Gasteiger partial charge in [0.15, 0.2) is 0 Å². The van der Waals surface area contributed by atoms with Crippen molar-refractivity contribution >= 4 is 11.9 Å². The van der Waals surface area contributed by atoms with Gasteiger partial charge in [0.1, 0.15) is 11.9 Å². The van der Waals surface area contributed by atoms with E-state index >= 15 is 0 Å². The lowest BCUT2D eigenvalue weighted by Gasteiger charge is -2.18. The molecule has 0 aliphatic rings. The predicted molar refractivity (Wildman–Crippen MR) is 63.1 cm³/mol. The second kappa shape index (κ2) is 6.11. The van der Waals surface area contributed by atoms with Crippen LogP contribution in [0.25, 0.3) is 0 Å². The Bertz CT molecular complexity index is 451. The van der Waals surface area contributed by atoms with Crippen molar-refractivity contribution in [2.45, 2.75) is 19.0 Å². The molecule has 1 aromatic rings. The van der Waals surface area contributed by atoms with Crippen molar-refractivity contribution in [1.29, 1.82) is 0 Å². The number of halogens is 1. The first-order chi connectivity index (χ1) is 8.40. The van der Waals surface area contributed by atoms with Crippen molar-refractivity contribution in [3.05, 3.63) is 35.6 Å². The van der Waals surface area contributed by atoms with Gasteiger partial charge >= 0.3 is 5.97 Å². The van der Waals surface area contributed by atoms with Gasteiger partial charge in [0.25, 0.3) is 0 Å². The number of hydrogen-bond acceptors (Lipinski definition) is 3. The van der Waals surface area contributed by atoms with E-state index in [-0.39, 0.29) is 18.8 Å². The van der Waals surface area contributed by atoms with Crippen LogP contribution in [0.2, 0.25) is 0 Å². The predicted octanol–water partition coefficient (Wildman–Crippen LogP) is 0.586. The van der Waals surface area contributed by atoms with E-state index in [0.29, 0.717) is 5.56 Å². The van der Waals surface area contributed by atoms with Crippen LogP contribution in [-0.2, 0) is 16.1 Å². The van der Waals surface area contributed by atoms with Crippen LogP contribution < -0.4 is 5.73 Å². The summed E-state index contributed by atoms with van der Waals surface area (Å²) < 4.78 is 12.9. The van der Waals surface area contributed by atoms with Crippen LogP contribution >= 0.6 is 0 Å². The van der Waals surface area contributed by atoms with Gasteiger partial charge in [-0.25, -0.2) is 4.39 Å². The van der Waals surface area contributed by atoms with E-state index in [9.17, 15) is 14.0 Å². The second-order valence-corrected chi connectivity index (χ2v) is 4.03. The Morgan fingerprint density at radius 1 is 1.50 bits per heavy atom. The molecule has 0 bridgehead atoms. The van der Waals surface area contributed by atoms with E-state index in [1.807, 2.05) is 0 Å². The maximum atomic E-state index is 12.9. The highest BCUT2D eigenvalue weighted by Gasteiger charge is 2.19. The fourth-order valence-corrected chi connectivity index (χ4v) is 1.43. The van der Waals surface area contributed by atoms with Crippen molar-refractivity contribution < 1.29 is 19.1 Å². The number of hydrogen-bond donors (Lipinski definition) is 2. The largest absolute Gasteiger partial charge is 0.480 e. The molecule has 0 fully saturated rings. The van der Waals surface area contributed by atoms with Gasteiger partial charge in [0.05, 0.1) is 6.42 Å². The Labute approximate surface area is 104 Å². The molecule has 0 saturated carbocycles. The standard InChI is InChI=1S/C12H15FN2O3/c1-15(11(16)6-10(14)12(17)18)7-8-3-2-4-9(13)5-8/h2-5,10H,6-7,14H2,1H3,(H,17,18). The van der Waals surface area contributed by atoms with Crippen LogP contribution in [-0.4, -0.2) is 35.0 Å². The maximum absolute atomic E-state index is 12.9. The number of rotatable bonds is 5. The number of carbonyl (C=O) groups excluding carboxylic acids is 1. The normalized spacial score (nSPS) is 11.9. The Balaban J connectivity index is 2.57. The van der Waals surface area contributed by atoms with Crippen molar-refractivity contribution in [3.63, 3.8) is 0 Å². The van der Waals surface area contributed by atoms with Gasteiger partial charge in [-0.05, 0) is 17.7 Å². The first kappa shape index (κ1) is 14.1. The molecule has 1 amide bonds. The topological polar surface area (TPSA) is 83.6 Å². The van der Waals surface area contributed by atoms with Crippen molar-refractivity contribution in [3.8, 4) is 0 Å². The van der Waals surface area contributed by atoms with Crippen LogP contribution in [0, 0.1) is 5.82 Å². The molecule has 0 heterocycles. The summed E-state index contributed by atoms with van der Waals surface area (Å²) in [5.74, 6) is -1.99. The number of amides is 1. The van der Waals surface area contributed by atoms with Gasteiger partial charge in [0, 0.05) is 13.6 Å². The number of carboxylic acid groups (broad SMARTS) is 1. The van der Waals surface area contributed by atoms with Crippen LogP contribution in [0.1, 0.15) is 12.0 Å². The fraction of sp³-hybridized carbons (Fsp3) is 0.333. The first-order valence-corrected chi connectivity index (χ1v) is 5.37. The lowest BCUT2D eigenvalue weighted by molar-refractivity contribution is -0.142. The third-order valence-electron chi connectivity index (χ3n) is 2.45. The fourth-order valence-electron chi connectivity index (χ4n) is 1.43. The van der Waals surface area contributed by atoms with Gasteiger partial charge < -0.3 is 15.7 Å². The van der Waals surface area contributed by atoms with E-state index in [1.165, 1.54) is 24.1 Å². The summed E-state index contributed by atoms with van der Waals surface area (Å²) in [6, 6.07) is 4.65. The molecule has 1 aromatic carbocycles. The molecule has 1 rings (SSSR count). The number of benzene rings is 1. The van der Waals surface area contributed by atoms with Gasteiger partial charge in [0.2, 0.25) is 5.91 Å². The molecular formula is C12H15FN2O3. The molecule has 3 N–H and O–H groups in total. The van der Waals surface area contributed by atoms with E-state index in [2.05, 4.69) is 0 Å². The summed E-state index contributed by atoms with van der Waals surface area (Å²) in [5.41, 5.74) is 5.90. The highest BCUT2D eigenvalue weighted by atomic mass is 19.1. The third-order valence-corrected chi connectivity index (χ3v) is 2.45. The van der Waals surface area contributed by atoms with Crippen LogP contribution in [0.3, 0.4) is 0 Å². The molecule has 18 heavy (non-hydrogen) atoms. The molecule has 0 spiro atoms. The molecule has 0 saturated heterocycles. The lowest BCUT2D eigenvalue weighted by atomic mass is 10.1. The van der Waals surface area contributed by atoms with Crippen LogP contribution in [0.15, 0.2) is 24.3 Å². The van der Waals surface area contributed by atoms with Gasteiger partial charge in [-0.15, -0.1) is 0 Å². The maximum Gasteiger partial charge on any atom is 0.321 e. The zero-order valence-corrected chi connectivity index (χ0v) is 9.97. The molecule has 0 radical (unpaired) electrons. The second-order valence-electron chi connectivity index (χ2n) is 4.03.